The number of rotatable bonds is 1. The zero-order valence-electron chi connectivity index (χ0n) is 14.3. The van der Waals surface area contributed by atoms with Gasteiger partial charge in [0.1, 0.15) is 5.82 Å². The summed E-state index contributed by atoms with van der Waals surface area (Å²) < 4.78 is 2.24. The molecule has 0 N–H and O–H groups in total. The standard InChI is InChI=1S/C23H18N2.CH4/c1-15-8-7-9-16(14-15)23-24-21-19-12-5-3-10-17(19)18-11-4-6-13-20(18)22(21)25(23)2;/h3-14H,1-2H3;1H4. The van der Waals surface area contributed by atoms with Gasteiger partial charge in [-0.1, -0.05) is 79.7 Å². The van der Waals surface area contributed by atoms with Crippen LogP contribution in [0.1, 0.15) is 13.0 Å². The molecule has 0 atom stereocenters. The molecular formula is C24H22N2. The van der Waals surface area contributed by atoms with E-state index in [9.17, 15) is 0 Å². The molecule has 0 aliphatic carbocycles. The first-order valence-electron chi connectivity index (χ1n) is 8.57. The highest BCUT2D eigenvalue weighted by Gasteiger charge is 2.16. The number of nitrogens with zero attached hydrogens (tertiary/aromatic N) is 2. The molecule has 5 rings (SSSR count). The third-order valence-electron chi connectivity index (χ3n) is 5.03. The quantitative estimate of drug-likeness (QED) is 0.319. The molecule has 1 heterocycles. The van der Waals surface area contributed by atoms with E-state index in [0.29, 0.717) is 0 Å². The molecule has 0 unspecified atom stereocenters. The van der Waals surface area contributed by atoms with E-state index in [1.807, 2.05) is 0 Å². The first kappa shape index (κ1) is 16.3. The maximum absolute atomic E-state index is 5.06. The van der Waals surface area contributed by atoms with Crippen molar-refractivity contribution in [2.75, 3.05) is 0 Å². The van der Waals surface area contributed by atoms with Gasteiger partial charge in [-0.15, -0.1) is 0 Å². The number of fused-ring (bicyclic) bond motifs is 6. The maximum Gasteiger partial charge on any atom is 0.140 e. The normalized spacial score (nSPS) is 11.2. The van der Waals surface area contributed by atoms with E-state index < -0.39 is 0 Å². The minimum absolute atomic E-state index is 0. The highest BCUT2D eigenvalue weighted by molar-refractivity contribution is 6.23. The summed E-state index contributed by atoms with van der Waals surface area (Å²) in [6.07, 6.45) is 0. The lowest BCUT2D eigenvalue weighted by Crippen LogP contribution is -1.93. The fourth-order valence-electron chi connectivity index (χ4n) is 3.89. The van der Waals surface area contributed by atoms with E-state index in [-0.39, 0.29) is 7.43 Å². The molecule has 0 amide bonds. The molecule has 0 aliphatic rings. The molecule has 0 bridgehead atoms. The summed E-state index contributed by atoms with van der Waals surface area (Å²) in [4.78, 5) is 5.06. The van der Waals surface area contributed by atoms with Crippen molar-refractivity contribution in [3.8, 4) is 11.4 Å². The summed E-state index contributed by atoms with van der Waals surface area (Å²) in [6.45, 7) is 2.12. The smallest absolute Gasteiger partial charge is 0.140 e. The Balaban J connectivity index is 0.00000168. The van der Waals surface area contributed by atoms with Crippen molar-refractivity contribution in [3.05, 3.63) is 78.4 Å². The number of aryl methyl sites for hydroxylation is 2. The number of hydrogen-bond donors (Lipinski definition) is 0. The molecule has 0 spiro atoms. The van der Waals surface area contributed by atoms with Gasteiger partial charge in [-0.3, -0.25) is 0 Å². The molecule has 0 fully saturated rings. The SMILES string of the molecule is C.Cc1cccc(-c2nc3c4ccccc4c4ccccc4c3n2C)c1. The Kier molecular flexibility index (Phi) is 3.77. The van der Waals surface area contributed by atoms with Gasteiger partial charge in [0.15, 0.2) is 0 Å². The second-order valence-corrected chi connectivity index (χ2v) is 6.65. The summed E-state index contributed by atoms with van der Waals surface area (Å²) in [5, 5.41) is 5.01. The molecule has 1 aromatic heterocycles. The first-order valence-corrected chi connectivity index (χ1v) is 8.57. The zero-order valence-corrected chi connectivity index (χ0v) is 14.3. The second kappa shape index (κ2) is 5.99. The number of hydrogen-bond acceptors (Lipinski definition) is 1. The molecule has 5 aromatic rings. The Bertz CT molecular complexity index is 1260. The molecule has 128 valence electrons. The summed E-state index contributed by atoms with van der Waals surface area (Å²) in [5.74, 6) is 1.01. The van der Waals surface area contributed by atoms with Gasteiger partial charge < -0.3 is 4.57 Å². The Labute approximate surface area is 153 Å². The molecular weight excluding hydrogens is 316 g/mol. The molecule has 0 aliphatic heterocycles. The molecule has 4 aromatic carbocycles. The summed E-state index contributed by atoms with van der Waals surface area (Å²) in [5.41, 5.74) is 4.69. The fraction of sp³-hybridized carbons (Fsp3) is 0.125. The van der Waals surface area contributed by atoms with E-state index >= 15 is 0 Å². The van der Waals surface area contributed by atoms with Crippen LogP contribution in [0.15, 0.2) is 72.8 Å². The van der Waals surface area contributed by atoms with Crippen molar-refractivity contribution >= 4 is 32.6 Å². The van der Waals surface area contributed by atoms with Crippen LogP contribution in [0.3, 0.4) is 0 Å². The Hall–Kier alpha value is -3.13. The molecule has 0 radical (unpaired) electrons. The fourth-order valence-corrected chi connectivity index (χ4v) is 3.89. The number of aromatic nitrogens is 2. The van der Waals surface area contributed by atoms with Crippen LogP contribution in [0, 0.1) is 6.92 Å². The molecule has 26 heavy (non-hydrogen) atoms. The van der Waals surface area contributed by atoms with Gasteiger partial charge in [0.25, 0.3) is 0 Å². The monoisotopic (exact) mass is 338 g/mol. The largest absolute Gasteiger partial charge is 0.327 e. The minimum Gasteiger partial charge on any atom is -0.327 e. The van der Waals surface area contributed by atoms with Gasteiger partial charge in [0.05, 0.1) is 11.0 Å². The Morgan fingerprint density at radius 2 is 1.35 bits per heavy atom. The van der Waals surface area contributed by atoms with Gasteiger partial charge >= 0.3 is 0 Å². The highest BCUT2D eigenvalue weighted by Crippen LogP contribution is 2.36. The molecule has 2 heteroatoms. The van der Waals surface area contributed by atoms with E-state index in [4.69, 9.17) is 4.98 Å². The van der Waals surface area contributed by atoms with Crippen molar-refractivity contribution in [2.24, 2.45) is 7.05 Å². The summed E-state index contributed by atoms with van der Waals surface area (Å²) >= 11 is 0. The van der Waals surface area contributed by atoms with Crippen LogP contribution in [0.25, 0.3) is 44.0 Å². The average molecular weight is 338 g/mol. The number of imidazole rings is 1. The van der Waals surface area contributed by atoms with E-state index in [0.717, 1.165) is 16.9 Å². The van der Waals surface area contributed by atoms with Crippen LogP contribution in [0.5, 0.6) is 0 Å². The van der Waals surface area contributed by atoms with Crippen molar-refractivity contribution in [2.45, 2.75) is 14.4 Å². The van der Waals surface area contributed by atoms with Crippen molar-refractivity contribution < 1.29 is 0 Å². The van der Waals surface area contributed by atoms with Gasteiger partial charge in [0, 0.05) is 23.4 Å². The Morgan fingerprint density at radius 1 is 0.731 bits per heavy atom. The third kappa shape index (κ3) is 2.22. The lowest BCUT2D eigenvalue weighted by Gasteiger charge is -2.08. The lowest BCUT2D eigenvalue weighted by atomic mass is 10.00. The van der Waals surface area contributed by atoms with Gasteiger partial charge in [-0.25, -0.2) is 4.98 Å². The zero-order chi connectivity index (χ0) is 17.0. The molecule has 0 saturated carbocycles. The number of benzene rings is 4. The van der Waals surface area contributed by atoms with Crippen LogP contribution in [0.2, 0.25) is 0 Å². The van der Waals surface area contributed by atoms with Crippen LogP contribution in [-0.2, 0) is 7.05 Å². The summed E-state index contributed by atoms with van der Waals surface area (Å²) in [7, 11) is 2.12. The van der Waals surface area contributed by atoms with E-state index in [1.165, 1.54) is 32.6 Å². The predicted octanol–water partition coefficient (Wildman–Crippen LogP) is 6.49. The van der Waals surface area contributed by atoms with Crippen LogP contribution in [-0.4, -0.2) is 9.55 Å². The maximum atomic E-state index is 5.06. The van der Waals surface area contributed by atoms with Gasteiger partial charge in [-0.05, 0) is 23.8 Å². The molecule has 2 nitrogen and oxygen atoms in total. The van der Waals surface area contributed by atoms with Crippen molar-refractivity contribution in [1.29, 1.82) is 0 Å². The average Bonchev–Trinajstić information content (AvgIpc) is 3.00. The Morgan fingerprint density at radius 3 is 2.04 bits per heavy atom. The molecule has 0 saturated heterocycles. The van der Waals surface area contributed by atoms with Crippen LogP contribution < -0.4 is 0 Å². The lowest BCUT2D eigenvalue weighted by molar-refractivity contribution is 0.962. The van der Waals surface area contributed by atoms with E-state index in [2.05, 4.69) is 91.3 Å². The van der Waals surface area contributed by atoms with Crippen LogP contribution in [0.4, 0.5) is 0 Å². The minimum atomic E-state index is 0. The van der Waals surface area contributed by atoms with Crippen LogP contribution >= 0.6 is 0 Å². The topological polar surface area (TPSA) is 17.8 Å². The van der Waals surface area contributed by atoms with Crippen molar-refractivity contribution in [3.63, 3.8) is 0 Å². The highest BCUT2D eigenvalue weighted by atomic mass is 15.1. The van der Waals surface area contributed by atoms with Gasteiger partial charge in [-0.2, -0.15) is 0 Å². The predicted molar refractivity (Wildman–Crippen MR) is 113 cm³/mol. The van der Waals surface area contributed by atoms with E-state index in [1.54, 1.807) is 0 Å². The summed E-state index contributed by atoms with van der Waals surface area (Å²) in [6, 6.07) is 25.7. The van der Waals surface area contributed by atoms with Gasteiger partial charge in [0.2, 0.25) is 0 Å². The second-order valence-electron chi connectivity index (χ2n) is 6.65. The third-order valence-corrected chi connectivity index (χ3v) is 5.03. The van der Waals surface area contributed by atoms with Crippen molar-refractivity contribution in [1.82, 2.24) is 9.55 Å². The first-order chi connectivity index (χ1) is 12.2.